The molecule has 2 aliphatic rings. The Morgan fingerprint density at radius 1 is 0.361 bits per heavy atom. The average molecular weight is 1010 g/mol. The molecule has 0 radical (unpaired) electrons. The Kier molecular flexibility index (Phi) is 42.8. The summed E-state index contributed by atoms with van der Waals surface area (Å²) < 4.78 is 33.1. The van der Waals surface area contributed by atoms with Gasteiger partial charge in [-0.3, -0.25) is 28.8 Å². The molecule has 0 fully saturated rings. The Hall–Kier alpha value is -3.96. The van der Waals surface area contributed by atoms with Crippen molar-refractivity contribution in [3.8, 4) is 0 Å². The van der Waals surface area contributed by atoms with Gasteiger partial charge in [-0.1, -0.05) is 152 Å². The lowest BCUT2D eigenvalue weighted by molar-refractivity contribution is -0.167. The van der Waals surface area contributed by atoms with E-state index < -0.39 is 12.2 Å². The van der Waals surface area contributed by atoms with Crippen LogP contribution >= 0.6 is 0 Å². The summed E-state index contributed by atoms with van der Waals surface area (Å²) in [6.07, 6.45) is 50.7. The smallest absolute Gasteiger partial charge is 0.306 e. The van der Waals surface area contributed by atoms with Crippen molar-refractivity contribution in [1.82, 2.24) is 0 Å². The molecular formula is C60H100O12. The molecule has 12 heteroatoms. The van der Waals surface area contributed by atoms with Crippen LogP contribution in [0.15, 0.2) is 36.5 Å². The highest BCUT2D eigenvalue weighted by molar-refractivity contribution is 5.72. The molecule has 0 spiro atoms. The van der Waals surface area contributed by atoms with Crippen molar-refractivity contribution in [2.45, 2.75) is 282 Å². The van der Waals surface area contributed by atoms with E-state index in [9.17, 15) is 28.8 Å². The molecule has 0 aromatic carbocycles. The molecule has 0 N–H and O–H groups in total. The third-order valence-electron chi connectivity index (χ3n) is 13.3. The monoisotopic (exact) mass is 1010 g/mol. The summed E-state index contributed by atoms with van der Waals surface area (Å²) >= 11 is 0. The first kappa shape index (κ1) is 64.2. The number of cyclic esters (lactones) is 4. The molecule has 72 heavy (non-hydrogen) atoms. The van der Waals surface area contributed by atoms with Crippen LogP contribution in [0.5, 0.6) is 0 Å². The van der Waals surface area contributed by atoms with Crippen molar-refractivity contribution in [2.75, 3.05) is 26.4 Å². The molecule has 2 heterocycles. The minimum absolute atomic E-state index is 0.110. The first-order chi connectivity index (χ1) is 35.3. The number of esters is 6. The lowest BCUT2D eigenvalue weighted by Gasteiger charge is -2.18. The maximum Gasteiger partial charge on any atom is 0.306 e. The molecule has 2 rings (SSSR count). The van der Waals surface area contributed by atoms with Gasteiger partial charge in [-0.2, -0.15) is 0 Å². The highest BCUT2D eigenvalue weighted by Gasteiger charge is 2.21. The van der Waals surface area contributed by atoms with E-state index in [2.05, 4.69) is 36.5 Å². The Morgan fingerprint density at radius 3 is 0.917 bits per heavy atom. The Bertz CT molecular complexity index is 1310. The van der Waals surface area contributed by atoms with E-state index in [0.717, 1.165) is 193 Å². The van der Waals surface area contributed by atoms with Gasteiger partial charge in [-0.25, -0.2) is 0 Å². The average Bonchev–Trinajstić information content (AvgIpc) is 3.36. The highest BCUT2D eigenvalue weighted by Crippen LogP contribution is 2.16. The molecule has 0 aromatic rings. The fourth-order valence-corrected chi connectivity index (χ4v) is 8.83. The maximum absolute atomic E-state index is 12.7. The number of rotatable bonds is 18. The van der Waals surface area contributed by atoms with Crippen LogP contribution in [0.3, 0.4) is 0 Å². The molecule has 412 valence electrons. The maximum atomic E-state index is 12.7. The van der Waals surface area contributed by atoms with E-state index in [1.807, 2.05) is 0 Å². The molecule has 0 bridgehead atoms. The molecular weight excluding hydrogens is 913 g/mol. The van der Waals surface area contributed by atoms with Crippen molar-refractivity contribution < 1.29 is 57.2 Å². The van der Waals surface area contributed by atoms with Gasteiger partial charge in [0.25, 0.3) is 0 Å². The summed E-state index contributed by atoms with van der Waals surface area (Å²) in [5.74, 6) is -2.00. The quantitative estimate of drug-likeness (QED) is 0.0555. The summed E-state index contributed by atoms with van der Waals surface area (Å²) in [5, 5.41) is 0. The summed E-state index contributed by atoms with van der Waals surface area (Å²) in [6, 6.07) is 0. The van der Waals surface area contributed by atoms with Crippen LogP contribution in [0, 0.1) is 0 Å². The highest BCUT2D eigenvalue weighted by atomic mass is 16.6. The summed E-state index contributed by atoms with van der Waals surface area (Å²) in [5.41, 5.74) is 0. The van der Waals surface area contributed by atoms with E-state index in [1.54, 1.807) is 0 Å². The first-order valence-corrected chi connectivity index (χ1v) is 29.3. The zero-order valence-electron chi connectivity index (χ0n) is 45.0. The zero-order chi connectivity index (χ0) is 51.6. The minimum atomic E-state index is -0.808. The third kappa shape index (κ3) is 42.5. The SMILES string of the molecule is O=C1CCCCCCCC=CCCCCCCCC(=O)OCC(OC(=O)CCCCCCCC=CCCCCCCCC(=O)OC2COC(=O)CCCCCCCC=CCCCCCCCC(=O)OC2)CO1. The molecule has 0 amide bonds. The lowest BCUT2D eigenvalue weighted by Crippen LogP contribution is -2.30. The predicted molar refractivity (Wildman–Crippen MR) is 285 cm³/mol. The molecule has 0 saturated carbocycles. The van der Waals surface area contributed by atoms with E-state index in [-0.39, 0.29) is 75.1 Å². The van der Waals surface area contributed by atoms with Gasteiger partial charge in [0.15, 0.2) is 12.2 Å². The third-order valence-corrected chi connectivity index (χ3v) is 13.3. The molecule has 12 nitrogen and oxygen atoms in total. The molecule has 0 aromatic heterocycles. The first-order valence-electron chi connectivity index (χ1n) is 29.3. The van der Waals surface area contributed by atoms with Crippen molar-refractivity contribution in [3.05, 3.63) is 36.5 Å². The number of allylic oxidation sites excluding steroid dienone is 6. The number of carbonyl (C=O) groups excluding carboxylic acids is 6. The second kappa shape index (κ2) is 48.0. The number of ether oxygens (including phenoxy) is 6. The number of carbonyl (C=O) groups is 6. The fourth-order valence-electron chi connectivity index (χ4n) is 8.83. The number of hydrogen-bond acceptors (Lipinski definition) is 12. The van der Waals surface area contributed by atoms with Gasteiger partial charge in [0.1, 0.15) is 26.4 Å². The van der Waals surface area contributed by atoms with Crippen LogP contribution < -0.4 is 0 Å². The lowest BCUT2D eigenvalue weighted by atomic mass is 10.1. The van der Waals surface area contributed by atoms with Crippen molar-refractivity contribution in [2.24, 2.45) is 0 Å². The number of hydrogen-bond donors (Lipinski definition) is 0. The Labute approximate surface area is 436 Å². The van der Waals surface area contributed by atoms with Crippen molar-refractivity contribution in [1.29, 1.82) is 0 Å². The molecule has 0 atom stereocenters. The van der Waals surface area contributed by atoms with Crippen LogP contribution in [0.1, 0.15) is 270 Å². The van der Waals surface area contributed by atoms with Crippen molar-refractivity contribution >= 4 is 35.8 Å². The number of unbranched alkanes of at least 4 members (excludes halogenated alkanes) is 10. The van der Waals surface area contributed by atoms with Gasteiger partial charge < -0.3 is 28.4 Å². The standard InChI is InChI=1S/C60H100O12/c61-55-43-37-31-25-19-13-7-1-2-8-14-20-26-32-38-44-56(62)68-50-53(49-67-55)71-59(65)47-41-35-29-23-17-11-5-6-12-18-24-30-36-42-48-60(66)72-54-51-69-57(63)45-39-33-27-21-15-9-3-4-10-16-22-28-34-40-46-58(64)70-52-54/h1-6,53-54H,7-52H2. The largest absolute Gasteiger partial charge is 0.462 e. The van der Waals surface area contributed by atoms with Crippen LogP contribution in [0.25, 0.3) is 0 Å². The second-order valence-corrected chi connectivity index (χ2v) is 20.2. The summed E-state index contributed by atoms with van der Waals surface area (Å²) in [4.78, 5) is 75.2. The molecule has 0 saturated heterocycles. The van der Waals surface area contributed by atoms with E-state index in [4.69, 9.17) is 28.4 Å². The zero-order valence-corrected chi connectivity index (χ0v) is 45.0. The topological polar surface area (TPSA) is 158 Å². The van der Waals surface area contributed by atoms with Gasteiger partial charge in [0, 0.05) is 38.5 Å². The van der Waals surface area contributed by atoms with Crippen molar-refractivity contribution in [3.63, 3.8) is 0 Å². The van der Waals surface area contributed by atoms with Crippen LogP contribution in [0.2, 0.25) is 0 Å². The van der Waals surface area contributed by atoms with Gasteiger partial charge in [-0.05, 0) is 116 Å². The molecule has 0 unspecified atom stereocenters. The van der Waals surface area contributed by atoms with Crippen LogP contribution in [0.4, 0.5) is 0 Å². The van der Waals surface area contributed by atoms with Crippen LogP contribution in [-0.2, 0) is 57.2 Å². The second-order valence-electron chi connectivity index (χ2n) is 20.2. The molecule has 2 aliphatic heterocycles. The Morgan fingerprint density at radius 2 is 0.611 bits per heavy atom. The van der Waals surface area contributed by atoms with Gasteiger partial charge in [0.2, 0.25) is 0 Å². The van der Waals surface area contributed by atoms with Crippen LogP contribution in [-0.4, -0.2) is 74.5 Å². The van der Waals surface area contributed by atoms with Gasteiger partial charge in [-0.15, -0.1) is 0 Å². The van der Waals surface area contributed by atoms with Gasteiger partial charge in [0.05, 0.1) is 0 Å². The van der Waals surface area contributed by atoms with Gasteiger partial charge >= 0.3 is 35.8 Å². The fraction of sp³-hybridized carbons (Fsp3) is 0.800. The minimum Gasteiger partial charge on any atom is -0.462 e. The summed E-state index contributed by atoms with van der Waals surface area (Å²) in [7, 11) is 0. The summed E-state index contributed by atoms with van der Waals surface area (Å²) in [6.45, 7) is -0.441. The van der Waals surface area contributed by atoms with E-state index in [0.29, 0.717) is 38.5 Å². The molecule has 0 aliphatic carbocycles. The Balaban J connectivity index is 1.56. The normalized spacial score (nSPS) is 19.6. The van der Waals surface area contributed by atoms with E-state index >= 15 is 0 Å². The predicted octanol–water partition coefficient (Wildman–Crippen LogP) is 15.1. The van der Waals surface area contributed by atoms with E-state index in [1.165, 1.54) is 25.7 Å².